The molecule has 1 fully saturated rings. The number of halogens is 1. The van der Waals surface area contributed by atoms with Crippen LogP contribution in [0.25, 0.3) is 0 Å². The number of nitrogens with two attached hydrogens (primary N) is 1. The molecule has 0 aromatic heterocycles. The molecule has 5 nitrogen and oxygen atoms in total. The van der Waals surface area contributed by atoms with Gasteiger partial charge >= 0.3 is 5.69 Å². The molecule has 110 valence electrons. The second kappa shape index (κ2) is 6.28. The molecule has 1 aromatic rings. The number of nitro groups is 1. The fraction of sp³-hybridized carbons (Fsp3) is 0.571. The molecule has 1 aliphatic heterocycles. The Morgan fingerprint density at radius 3 is 2.90 bits per heavy atom. The van der Waals surface area contributed by atoms with Crippen molar-refractivity contribution < 1.29 is 9.31 Å². The van der Waals surface area contributed by atoms with E-state index in [2.05, 4.69) is 11.8 Å². The third-order valence-corrected chi connectivity index (χ3v) is 4.07. The second-order valence-electron chi connectivity index (χ2n) is 5.44. The highest BCUT2D eigenvalue weighted by Gasteiger charge is 2.27. The van der Waals surface area contributed by atoms with Gasteiger partial charge in [0.05, 0.1) is 4.92 Å². The monoisotopic (exact) mass is 281 g/mol. The van der Waals surface area contributed by atoms with Gasteiger partial charge in [-0.05, 0) is 36.9 Å². The smallest absolute Gasteiger partial charge is 0.304 e. The fourth-order valence-electron chi connectivity index (χ4n) is 2.94. The van der Waals surface area contributed by atoms with Crippen molar-refractivity contribution in [2.45, 2.75) is 32.4 Å². The Morgan fingerprint density at radius 2 is 2.30 bits per heavy atom. The summed E-state index contributed by atoms with van der Waals surface area (Å²) >= 11 is 0. The van der Waals surface area contributed by atoms with Crippen LogP contribution in [-0.2, 0) is 6.54 Å². The molecule has 2 atom stereocenters. The summed E-state index contributed by atoms with van der Waals surface area (Å²) in [6.07, 6.45) is 2.26. The highest BCUT2D eigenvalue weighted by Crippen LogP contribution is 2.25. The maximum Gasteiger partial charge on any atom is 0.304 e. The summed E-state index contributed by atoms with van der Waals surface area (Å²) in [6, 6.07) is 4.40. The van der Waals surface area contributed by atoms with Gasteiger partial charge in [-0.3, -0.25) is 15.0 Å². The number of piperidine rings is 1. The lowest BCUT2D eigenvalue weighted by molar-refractivity contribution is -0.387. The van der Waals surface area contributed by atoms with E-state index in [0.29, 0.717) is 25.0 Å². The lowest BCUT2D eigenvalue weighted by Crippen LogP contribution is -2.48. The van der Waals surface area contributed by atoms with Crippen molar-refractivity contribution in [3.05, 3.63) is 39.7 Å². The van der Waals surface area contributed by atoms with Gasteiger partial charge in [0, 0.05) is 25.2 Å². The summed E-state index contributed by atoms with van der Waals surface area (Å²) in [5.41, 5.74) is 6.10. The Labute approximate surface area is 117 Å². The molecule has 0 spiro atoms. The van der Waals surface area contributed by atoms with Crippen LogP contribution in [0.2, 0.25) is 0 Å². The number of hydrogen-bond acceptors (Lipinski definition) is 4. The molecular weight excluding hydrogens is 261 g/mol. The Hall–Kier alpha value is -1.53. The molecule has 0 bridgehead atoms. The van der Waals surface area contributed by atoms with E-state index in [1.54, 1.807) is 6.07 Å². The van der Waals surface area contributed by atoms with Gasteiger partial charge in [0.15, 0.2) is 0 Å². The SMILES string of the molecule is CC1CCCN(Cc2ccc([N+](=O)[O-])c(F)c2)C1CN. The predicted octanol–water partition coefficient (Wildman–Crippen LogP) is 2.29. The standard InChI is InChI=1S/C14H20FN3O2/c1-10-3-2-6-17(14(10)8-16)9-11-4-5-13(18(19)20)12(15)7-11/h4-5,7,10,14H,2-3,6,8-9,16H2,1H3. The summed E-state index contributed by atoms with van der Waals surface area (Å²) in [7, 11) is 0. The minimum atomic E-state index is -0.776. The molecule has 2 unspecified atom stereocenters. The number of likely N-dealkylation sites (tertiary alicyclic amines) is 1. The fourth-order valence-corrected chi connectivity index (χ4v) is 2.94. The van der Waals surface area contributed by atoms with Crippen molar-refractivity contribution in [3.63, 3.8) is 0 Å². The first-order valence-corrected chi connectivity index (χ1v) is 6.90. The number of hydrogen-bond donors (Lipinski definition) is 1. The normalized spacial score (nSPS) is 23.8. The Balaban J connectivity index is 2.13. The highest BCUT2D eigenvalue weighted by atomic mass is 19.1. The molecule has 20 heavy (non-hydrogen) atoms. The third kappa shape index (κ3) is 3.13. The number of nitrogens with zero attached hydrogens (tertiary/aromatic N) is 2. The van der Waals surface area contributed by atoms with Crippen molar-refractivity contribution in [1.29, 1.82) is 0 Å². The first-order chi connectivity index (χ1) is 9.52. The molecule has 0 radical (unpaired) electrons. The summed E-state index contributed by atoms with van der Waals surface area (Å²) in [5.74, 6) is -0.251. The summed E-state index contributed by atoms with van der Waals surface area (Å²) in [4.78, 5) is 12.1. The first-order valence-electron chi connectivity index (χ1n) is 6.90. The molecule has 2 rings (SSSR count). The van der Waals surface area contributed by atoms with E-state index in [-0.39, 0.29) is 0 Å². The van der Waals surface area contributed by atoms with Gasteiger partial charge in [-0.2, -0.15) is 4.39 Å². The summed E-state index contributed by atoms with van der Waals surface area (Å²) in [5, 5.41) is 10.6. The zero-order valence-electron chi connectivity index (χ0n) is 11.6. The van der Waals surface area contributed by atoms with E-state index in [0.717, 1.165) is 24.9 Å². The molecular formula is C14H20FN3O2. The Morgan fingerprint density at radius 1 is 1.55 bits per heavy atom. The lowest BCUT2D eigenvalue weighted by atomic mass is 9.90. The predicted molar refractivity (Wildman–Crippen MR) is 74.7 cm³/mol. The molecule has 0 amide bonds. The van der Waals surface area contributed by atoms with Crippen molar-refractivity contribution in [2.24, 2.45) is 11.7 Å². The number of nitro benzene ring substituents is 1. The van der Waals surface area contributed by atoms with Gasteiger partial charge in [0.2, 0.25) is 5.82 Å². The van der Waals surface area contributed by atoms with Crippen molar-refractivity contribution >= 4 is 5.69 Å². The quantitative estimate of drug-likeness (QED) is 0.679. The molecule has 1 aliphatic rings. The third-order valence-electron chi connectivity index (χ3n) is 4.07. The average Bonchev–Trinajstić information content (AvgIpc) is 2.38. The van der Waals surface area contributed by atoms with Gasteiger partial charge in [0.25, 0.3) is 0 Å². The van der Waals surface area contributed by atoms with Crippen LogP contribution in [0.5, 0.6) is 0 Å². The van der Waals surface area contributed by atoms with Crippen LogP contribution in [0.3, 0.4) is 0 Å². The molecule has 1 heterocycles. The van der Waals surface area contributed by atoms with Gasteiger partial charge in [-0.15, -0.1) is 0 Å². The van der Waals surface area contributed by atoms with Crippen LogP contribution in [0.15, 0.2) is 18.2 Å². The van der Waals surface area contributed by atoms with Gasteiger partial charge < -0.3 is 5.73 Å². The van der Waals surface area contributed by atoms with Crippen molar-refractivity contribution in [2.75, 3.05) is 13.1 Å². The lowest BCUT2D eigenvalue weighted by Gasteiger charge is -2.39. The van der Waals surface area contributed by atoms with E-state index < -0.39 is 16.4 Å². The molecule has 1 saturated heterocycles. The Bertz CT molecular complexity index is 495. The second-order valence-corrected chi connectivity index (χ2v) is 5.44. The van der Waals surface area contributed by atoms with Crippen LogP contribution in [0.4, 0.5) is 10.1 Å². The number of benzene rings is 1. The minimum Gasteiger partial charge on any atom is -0.329 e. The van der Waals surface area contributed by atoms with E-state index in [1.165, 1.54) is 12.1 Å². The van der Waals surface area contributed by atoms with E-state index in [1.807, 2.05) is 0 Å². The van der Waals surface area contributed by atoms with Crippen LogP contribution in [-0.4, -0.2) is 29.0 Å². The van der Waals surface area contributed by atoms with Gasteiger partial charge in [-0.1, -0.05) is 13.0 Å². The van der Waals surface area contributed by atoms with Crippen LogP contribution in [0, 0.1) is 21.8 Å². The largest absolute Gasteiger partial charge is 0.329 e. The van der Waals surface area contributed by atoms with Crippen LogP contribution >= 0.6 is 0 Å². The highest BCUT2D eigenvalue weighted by molar-refractivity contribution is 5.35. The van der Waals surface area contributed by atoms with E-state index >= 15 is 0 Å². The van der Waals surface area contributed by atoms with E-state index in [9.17, 15) is 14.5 Å². The Kier molecular flexibility index (Phi) is 4.67. The maximum atomic E-state index is 13.6. The van der Waals surface area contributed by atoms with Crippen molar-refractivity contribution in [1.82, 2.24) is 4.90 Å². The molecule has 6 heteroatoms. The van der Waals surface area contributed by atoms with Gasteiger partial charge in [-0.25, -0.2) is 0 Å². The maximum absolute atomic E-state index is 13.6. The molecule has 0 aliphatic carbocycles. The molecule has 0 saturated carbocycles. The van der Waals surface area contributed by atoms with Crippen LogP contribution in [0.1, 0.15) is 25.3 Å². The zero-order valence-corrected chi connectivity index (χ0v) is 11.6. The zero-order chi connectivity index (χ0) is 14.7. The van der Waals surface area contributed by atoms with Crippen molar-refractivity contribution in [3.8, 4) is 0 Å². The first kappa shape index (κ1) is 14.9. The van der Waals surface area contributed by atoms with E-state index in [4.69, 9.17) is 5.73 Å². The van der Waals surface area contributed by atoms with Gasteiger partial charge in [0.1, 0.15) is 0 Å². The summed E-state index contributed by atoms with van der Waals surface area (Å²) < 4.78 is 13.6. The molecule has 1 aromatic carbocycles. The average molecular weight is 281 g/mol. The summed E-state index contributed by atoms with van der Waals surface area (Å²) in [6.45, 7) is 4.28. The topological polar surface area (TPSA) is 72.4 Å². The minimum absolute atomic E-state index is 0.294. The molecule has 2 N–H and O–H groups in total. The van der Waals surface area contributed by atoms with Crippen LogP contribution < -0.4 is 5.73 Å². The number of rotatable bonds is 4.